The molecule has 0 aromatic heterocycles. The Balaban J connectivity index is 0.978. The van der Waals surface area contributed by atoms with Crippen LogP contribution in [0.4, 0.5) is 0 Å². The smallest absolute Gasteiger partial charge is 0.155 e. The van der Waals surface area contributed by atoms with Gasteiger partial charge in [-0.3, -0.25) is 4.99 Å². The maximum atomic E-state index is 5.26. The van der Waals surface area contributed by atoms with Crippen molar-refractivity contribution < 1.29 is 0 Å². The van der Waals surface area contributed by atoms with Gasteiger partial charge in [-0.25, -0.2) is 4.99 Å². The fraction of sp³-hybridized carbons (Fsp3) is 0.0909. The molecule has 0 amide bonds. The van der Waals surface area contributed by atoms with Crippen LogP contribution in [-0.2, 0) is 12.8 Å². The highest BCUT2D eigenvalue weighted by molar-refractivity contribution is 6.14. The van der Waals surface area contributed by atoms with E-state index in [0.29, 0.717) is 0 Å². The summed E-state index contributed by atoms with van der Waals surface area (Å²) in [4.78, 5) is 10.5. The van der Waals surface area contributed by atoms with Crippen molar-refractivity contribution in [3.63, 3.8) is 0 Å². The number of aryl methyl sites for hydroxylation is 1. The van der Waals surface area contributed by atoms with E-state index < -0.39 is 0 Å². The van der Waals surface area contributed by atoms with Gasteiger partial charge in [0.05, 0.1) is 11.8 Å². The normalized spacial score (nSPS) is 15.6. The van der Waals surface area contributed by atoms with E-state index in [1.54, 1.807) is 0 Å². The monoisotopic (exact) mass is 728 g/mol. The predicted octanol–water partition coefficient (Wildman–Crippen LogP) is 13.6. The van der Waals surface area contributed by atoms with Crippen LogP contribution in [0.1, 0.15) is 63.4 Å². The lowest BCUT2D eigenvalue weighted by Gasteiger charge is -2.22. The quantitative estimate of drug-likeness (QED) is 0.163. The van der Waals surface area contributed by atoms with Crippen LogP contribution in [0, 0.1) is 0 Å². The van der Waals surface area contributed by atoms with Crippen LogP contribution in [0.25, 0.3) is 55.8 Å². The first-order chi connectivity index (χ1) is 28.2. The van der Waals surface area contributed by atoms with Crippen molar-refractivity contribution >= 4 is 34.0 Å². The topological polar surface area (TPSA) is 24.7 Å². The summed E-state index contributed by atoms with van der Waals surface area (Å²) in [7, 11) is 0. The van der Waals surface area contributed by atoms with Crippen molar-refractivity contribution in [1.29, 1.82) is 0 Å². The Hall–Kier alpha value is -6.90. The van der Waals surface area contributed by atoms with Gasteiger partial charge in [-0.1, -0.05) is 176 Å². The Kier molecular flexibility index (Phi) is 8.21. The molecule has 0 spiro atoms. The number of nitrogens with zero attached hydrogens (tertiary/aromatic N) is 2. The Morgan fingerprint density at radius 2 is 1.14 bits per heavy atom. The zero-order chi connectivity index (χ0) is 37.7. The second-order valence-electron chi connectivity index (χ2n) is 15.5. The summed E-state index contributed by atoms with van der Waals surface area (Å²) in [6, 6.07) is 66.2. The van der Waals surface area contributed by atoms with Crippen LogP contribution >= 0.6 is 0 Å². The molecule has 0 saturated heterocycles. The Bertz CT molecular complexity index is 2930. The van der Waals surface area contributed by atoms with Gasteiger partial charge in [0.1, 0.15) is 0 Å². The first-order valence-corrected chi connectivity index (χ1v) is 20.2. The number of benzene rings is 8. The number of aliphatic imine (C=N–C) groups is 2. The van der Waals surface area contributed by atoms with Crippen molar-refractivity contribution in [2.45, 2.75) is 31.7 Å². The summed E-state index contributed by atoms with van der Waals surface area (Å²) >= 11 is 0. The molecule has 1 unspecified atom stereocenters. The Morgan fingerprint density at radius 1 is 0.456 bits per heavy atom. The number of fused-ring (bicyclic) bond motifs is 6. The third kappa shape index (κ3) is 6.06. The molecular weight excluding hydrogens is 689 g/mol. The van der Waals surface area contributed by atoms with Gasteiger partial charge in [0.2, 0.25) is 0 Å². The minimum atomic E-state index is -0.0429. The molecule has 1 aliphatic heterocycles. The molecule has 8 aromatic rings. The molecular formula is C55H40N2. The van der Waals surface area contributed by atoms with Crippen LogP contribution in [0.2, 0.25) is 0 Å². The number of hydrogen-bond donors (Lipinski definition) is 0. The second kappa shape index (κ2) is 14.0. The summed E-state index contributed by atoms with van der Waals surface area (Å²) in [5.74, 6) is 0.784. The summed E-state index contributed by atoms with van der Waals surface area (Å²) in [5, 5.41) is 2.65. The number of allylic oxidation sites excluding steroid dienone is 1. The van der Waals surface area contributed by atoms with E-state index in [1.165, 1.54) is 83.1 Å². The van der Waals surface area contributed by atoms with Crippen LogP contribution in [0.3, 0.4) is 0 Å². The molecule has 57 heavy (non-hydrogen) atoms. The highest BCUT2D eigenvalue weighted by Crippen LogP contribution is 2.48. The average Bonchev–Trinajstić information content (AvgIpc) is 3.68. The first kappa shape index (κ1) is 33.4. The predicted molar refractivity (Wildman–Crippen MR) is 239 cm³/mol. The largest absolute Gasteiger partial charge is 0.258 e. The minimum absolute atomic E-state index is 0.0429. The van der Waals surface area contributed by atoms with Gasteiger partial charge in [-0.05, 0) is 120 Å². The molecule has 8 aromatic carbocycles. The summed E-state index contributed by atoms with van der Waals surface area (Å²) < 4.78 is 0. The van der Waals surface area contributed by atoms with Crippen LogP contribution < -0.4 is 0 Å². The van der Waals surface area contributed by atoms with Crippen LogP contribution in [0.5, 0.6) is 0 Å². The molecule has 2 nitrogen and oxygen atoms in total. The SMILES string of the molecule is C1=C(c2cccc3c2-c2cc(-c4ccc(C5=NC(c6ccccc6)=NC(c6cccc(-c7ccccc7)c6)C5)cc4)c4ccccc4c2C3)CCc2ccccc21. The number of amidine groups is 1. The third-order valence-electron chi connectivity index (χ3n) is 12.2. The molecule has 2 aliphatic carbocycles. The molecule has 0 N–H and O–H groups in total. The molecule has 0 saturated carbocycles. The number of hydrogen-bond acceptors (Lipinski definition) is 2. The van der Waals surface area contributed by atoms with Gasteiger partial charge >= 0.3 is 0 Å². The van der Waals surface area contributed by atoms with E-state index >= 15 is 0 Å². The maximum absolute atomic E-state index is 5.26. The van der Waals surface area contributed by atoms with Gasteiger partial charge in [0, 0.05) is 12.0 Å². The van der Waals surface area contributed by atoms with E-state index in [4.69, 9.17) is 9.98 Å². The van der Waals surface area contributed by atoms with E-state index in [0.717, 1.165) is 48.4 Å². The highest BCUT2D eigenvalue weighted by Gasteiger charge is 2.27. The molecule has 1 heterocycles. The molecule has 0 bridgehead atoms. The van der Waals surface area contributed by atoms with Crippen molar-refractivity contribution in [2.75, 3.05) is 0 Å². The van der Waals surface area contributed by atoms with Crippen molar-refractivity contribution in [3.05, 3.63) is 226 Å². The van der Waals surface area contributed by atoms with Crippen molar-refractivity contribution in [2.24, 2.45) is 9.98 Å². The molecule has 1 atom stereocenters. The first-order valence-electron chi connectivity index (χ1n) is 20.2. The lowest BCUT2D eigenvalue weighted by atomic mass is 9.84. The molecule has 270 valence electrons. The fourth-order valence-electron chi connectivity index (χ4n) is 9.33. The zero-order valence-corrected chi connectivity index (χ0v) is 31.7. The van der Waals surface area contributed by atoms with Crippen LogP contribution in [0.15, 0.2) is 192 Å². The standard InChI is InChI=1S/C55H40N2/c1-3-13-36(14-4-1)42-19-11-20-44(32-42)53-35-52(56-55(57-53)40-16-5-2-6-17-40)39-28-26-38(27-29-39)49-34-51-50(48-23-10-9-22-47(48)49)33-45-21-12-24-46(54(45)51)43-30-25-37-15-7-8-18-41(37)31-43/h1-24,26-29,31-32,34,53H,25,30,33,35H2. The van der Waals surface area contributed by atoms with E-state index in [9.17, 15) is 0 Å². The van der Waals surface area contributed by atoms with Gasteiger partial charge in [0.25, 0.3) is 0 Å². The van der Waals surface area contributed by atoms with E-state index in [-0.39, 0.29) is 6.04 Å². The highest BCUT2D eigenvalue weighted by atomic mass is 15.0. The lowest BCUT2D eigenvalue weighted by Crippen LogP contribution is -2.17. The molecule has 3 aliphatic rings. The molecule has 11 rings (SSSR count). The Morgan fingerprint density at radius 3 is 1.98 bits per heavy atom. The van der Waals surface area contributed by atoms with Crippen LogP contribution in [-0.4, -0.2) is 11.5 Å². The Labute approximate surface area is 334 Å². The maximum Gasteiger partial charge on any atom is 0.155 e. The number of rotatable bonds is 6. The summed E-state index contributed by atoms with van der Waals surface area (Å²) in [5.41, 5.74) is 20.6. The minimum Gasteiger partial charge on any atom is -0.258 e. The fourth-order valence-corrected chi connectivity index (χ4v) is 9.33. The van der Waals surface area contributed by atoms with Crippen molar-refractivity contribution in [1.82, 2.24) is 0 Å². The van der Waals surface area contributed by atoms with Gasteiger partial charge < -0.3 is 0 Å². The molecule has 0 radical (unpaired) electrons. The van der Waals surface area contributed by atoms with Gasteiger partial charge in [-0.15, -0.1) is 0 Å². The average molecular weight is 729 g/mol. The zero-order valence-electron chi connectivity index (χ0n) is 31.7. The van der Waals surface area contributed by atoms with E-state index in [2.05, 4.69) is 182 Å². The van der Waals surface area contributed by atoms with Crippen molar-refractivity contribution in [3.8, 4) is 33.4 Å². The summed E-state index contributed by atoms with van der Waals surface area (Å²) in [6.07, 6.45) is 6.26. The summed E-state index contributed by atoms with van der Waals surface area (Å²) in [6.45, 7) is 0. The third-order valence-corrected chi connectivity index (χ3v) is 12.2. The lowest BCUT2D eigenvalue weighted by molar-refractivity contribution is 0.754. The van der Waals surface area contributed by atoms with Gasteiger partial charge in [0.15, 0.2) is 5.84 Å². The van der Waals surface area contributed by atoms with E-state index in [1.807, 2.05) is 6.07 Å². The molecule has 2 heteroatoms. The molecule has 0 fully saturated rings. The second-order valence-corrected chi connectivity index (χ2v) is 15.5. The van der Waals surface area contributed by atoms with Gasteiger partial charge in [-0.2, -0.15) is 0 Å².